The van der Waals surface area contributed by atoms with Crippen LogP contribution in [0.1, 0.15) is 30.2 Å². The highest BCUT2D eigenvalue weighted by Gasteiger charge is 2.21. The SMILES string of the molecule is CCOC(=O)Cc1cnc(C)c(C(F)F)c1F. The molecule has 3 nitrogen and oxygen atoms in total. The first-order chi connectivity index (χ1) is 7.97. The Kier molecular flexibility index (Phi) is 4.48. The van der Waals surface area contributed by atoms with Crippen molar-refractivity contribution in [2.24, 2.45) is 0 Å². The van der Waals surface area contributed by atoms with Crippen LogP contribution in [0.15, 0.2) is 6.20 Å². The van der Waals surface area contributed by atoms with Crippen molar-refractivity contribution >= 4 is 5.97 Å². The van der Waals surface area contributed by atoms with Gasteiger partial charge in [0.25, 0.3) is 6.43 Å². The molecule has 0 fully saturated rings. The van der Waals surface area contributed by atoms with Gasteiger partial charge in [-0.15, -0.1) is 0 Å². The van der Waals surface area contributed by atoms with E-state index in [1.807, 2.05) is 0 Å². The van der Waals surface area contributed by atoms with Crippen molar-refractivity contribution in [1.29, 1.82) is 0 Å². The fourth-order valence-electron chi connectivity index (χ4n) is 1.38. The molecule has 1 aromatic rings. The zero-order valence-electron chi connectivity index (χ0n) is 9.47. The van der Waals surface area contributed by atoms with Gasteiger partial charge in [0.15, 0.2) is 0 Å². The number of rotatable bonds is 4. The Morgan fingerprint density at radius 2 is 2.18 bits per heavy atom. The molecule has 0 aromatic carbocycles. The monoisotopic (exact) mass is 247 g/mol. The van der Waals surface area contributed by atoms with Crippen LogP contribution in [-0.2, 0) is 16.0 Å². The lowest BCUT2D eigenvalue weighted by molar-refractivity contribution is -0.142. The Balaban J connectivity index is 3.02. The van der Waals surface area contributed by atoms with E-state index in [1.54, 1.807) is 6.92 Å². The molecule has 0 saturated heterocycles. The van der Waals surface area contributed by atoms with Crippen LogP contribution < -0.4 is 0 Å². The van der Waals surface area contributed by atoms with Crippen molar-refractivity contribution < 1.29 is 22.7 Å². The van der Waals surface area contributed by atoms with E-state index in [0.29, 0.717) is 0 Å². The van der Waals surface area contributed by atoms with Crippen LogP contribution >= 0.6 is 0 Å². The number of halogens is 3. The molecule has 0 N–H and O–H groups in total. The summed E-state index contributed by atoms with van der Waals surface area (Å²) in [5.41, 5.74) is -1.01. The highest BCUT2D eigenvalue weighted by atomic mass is 19.3. The minimum atomic E-state index is -2.95. The summed E-state index contributed by atoms with van der Waals surface area (Å²) in [6.45, 7) is 3.05. The van der Waals surface area contributed by atoms with E-state index in [2.05, 4.69) is 9.72 Å². The second-order valence-electron chi connectivity index (χ2n) is 3.38. The van der Waals surface area contributed by atoms with E-state index in [9.17, 15) is 18.0 Å². The number of nitrogens with zero attached hydrogens (tertiary/aromatic N) is 1. The number of carbonyl (C=O) groups excluding carboxylic acids is 1. The molecule has 0 radical (unpaired) electrons. The third-order valence-electron chi connectivity index (χ3n) is 2.18. The molecule has 1 rings (SSSR count). The van der Waals surface area contributed by atoms with E-state index in [1.165, 1.54) is 6.92 Å². The summed E-state index contributed by atoms with van der Waals surface area (Å²) in [5.74, 6) is -1.75. The van der Waals surface area contributed by atoms with Crippen molar-refractivity contribution in [3.05, 3.63) is 28.8 Å². The normalized spacial score (nSPS) is 10.7. The molecule has 6 heteroatoms. The number of alkyl halides is 2. The topological polar surface area (TPSA) is 39.2 Å². The number of esters is 1. The third-order valence-corrected chi connectivity index (χ3v) is 2.18. The molecule has 0 bridgehead atoms. The fraction of sp³-hybridized carbons (Fsp3) is 0.455. The fourth-order valence-corrected chi connectivity index (χ4v) is 1.38. The number of pyridine rings is 1. The predicted octanol–water partition coefficient (Wildman–Crippen LogP) is 2.57. The third kappa shape index (κ3) is 3.18. The molecule has 0 spiro atoms. The minimum absolute atomic E-state index is 0.0786. The van der Waals surface area contributed by atoms with Crippen LogP contribution in [0.4, 0.5) is 13.2 Å². The average molecular weight is 247 g/mol. The van der Waals surface area contributed by atoms with E-state index in [-0.39, 0.29) is 17.9 Å². The molecular formula is C11H12F3NO2. The number of aryl methyl sites for hydroxylation is 1. The van der Waals surface area contributed by atoms with Gasteiger partial charge >= 0.3 is 5.97 Å². The lowest BCUT2D eigenvalue weighted by Crippen LogP contribution is -2.11. The Labute approximate surface area is 96.6 Å². The molecule has 0 aliphatic heterocycles. The van der Waals surface area contributed by atoms with Crippen LogP contribution in [-0.4, -0.2) is 17.6 Å². The molecule has 0 atom stereocenters. The van der Waals surface area contributed by atoms with Crippen molar-refractivity contribution in [3.63, 3.8) is 0 Å². The lowest BCUT2D eigenvalue weighted by atomic mass is 10.1. The quantitative estimate of drug-likeness (QED) is 0.767. The average Bonchev–Trinajstić information content (AvgIpc) is 2.22. The predicted molar refractivity (Wildman–Crippen MR) is 54.2 cm³/mol. The molecule has 94 valence electrons. The first kappa shape index (κ1) is 13.5. The molecule has 0 aliphatic carbocycles. The van der Waals surface area contributed by atoms with Gasteiger partial charge in [-0.1, -0.05) is 0 Å². The molecule has 1 aromatic heterocycles. The molecule has 17 heavy (non-hydrogen) atoms. The van der Waals surface area contributed by atoms with Gasteiger partial charge in [0.2, 0.25) is 0 Å². The standard InChI is InChI=1S/C11H12F3NO2/c1-3-17-8(16)4-7-5-15-6(2)9(10(7)12)11(13)14/h5,11H,3-4H2,1-2H3. The molecular weight excluding hydrogens is 235 g/mol. The van der Waals surface area contributed by atoms with Crippen molar-refractivity contribution in [2.75, 3.05) is 6.61 Å². The van der Waals surface area contributed by atoms with E-state index in [0.717, 1.165) is 6.20 Å². The lowest BCUT2D eigenvalue weighted by Gasteiger charge is -2.09. The maximum atomic E-state index is 13.7. The van der Waals surface area contributed by atoms with E-state index >= 15 is 0 Å². The summed E-state index contributed by atoms with van der Waals surface area (Å²) < 4.78 is 43.4. The number of aromatic nitrogens is 1. The zero-order chi connectivity index (χ0) is 13.0. The maximum absolute atomic E-state index is 13.7. The molecule has 0 unspecified atom stereocenters. The van der Waals surface area contributed by atoms with Gasteiger partial charge in [-0.05, 0) is 13.8 Å². The van der Waals surface area contributed by atoms with Crippen LogP contribution in [0.2, 0.25) is 0 Å². The van der Waals surface area contributed by atoms with Gasteiger partial charge in [-0.2, -0.15) is 0 Å². The van der Waals surface area contributed by atoms with Crippen LogP contribution in [0, 0.1) is 12.7 Å². The highest BCUT2D eigenvalue weighted by molar-refractivity contribution is 5.72. The van der Waals surface area contributed by atoms with Crippen molar-refractivity contribution in [2.45, 2.75) is 26.7 Å². The number of ether oxygens (including phenoxy) is 1. The van der Waals surface area contributed by atoms with Gasteiger partial charge in [0.05, 0.1) is 18.6 Å². The van der Waals surface area contributed by atoms with E-state index in [4.69, 9.17) is 0 Å². The second kappa shape index (κ2) is 5.65. The summed E-state index contributed by atoms with van der Waals surface area (Å²) in [5, 5.41) is 0. The number of carbonyl (C=O) groups is 1. The first-order valence-corrected chi connectivity index (χ1v) is 5.05. The van der Waals surface area contributed by atoms with Crippen molar-refractivity contribution in [1.82, 2.24) is 4.98 Å². The maximum Gasteiger partial charge on any atom is 0.310 e. The highest BCUT2D eigenvalue weighted by Crippen LogP contribution is 2.26. The Morgan fingerprint density at radius 3 is 2.71 bits per heavy atom. The molecule has 1 heterocycles. The largest absolute Gasteiger partial charge is 0.466 e. The summed E-state index contributed by atoms with van der Waals surface area (Å²) in [6, 6.07) is 0. The Bertz CT molecular complexity index is 421. The van der Waals surface area contributed by atoms with Gasteiger partial charge in [-0.25, -0.2) is 13.2 Å². The Morgan fingerprint density at radius 1 is 1.53 bits per heavy atom. The summed E-state index contributed by atoms with van der Waals surface area (Å²) >= 11 is 0. The minimum Gasteiger partial charge on any atom is -0.466 e. The number of hydrogen-bond donors (Lipinski definition) is 0. The second-order valence-corrected chi connectivity index (χ2v) is 3.38. The number of hydrogen-bond acceptors (Lipinski definition) is 3. The van der Waals surface area contributed by atoms with Crippen LogP contribution in [0.3, 0.4) is 0 Å². The van der Waals surface area contributed by atoms with Gasteiger partial charge in [0, 0.05) is 17.5 Å². The van der Waals surface area contributed by atoms with E-state index < -0.39 is 30.2 Å². The molecule has 0 amide bonds. The van der Waals surface area contributed by atoms with Gasteiger partial charge in [0.1, 0.15) is 5.82 Å². The van der Waals surface area contributed by atoms with Gasteiger partial charge < -0.3 is 4.74 Å². The zero-order valence-corrected chi connectivity index (χ0v) is 9.47. The van der Waals surface area contributed by atoms with Crippen molar-refractivity contribution in [3.8, 4) is 0 Å². The summed E-state index contributed by atoms with van der Waals surface area (Å²) in [7, 11) is 0. The first-order valence-electron chi connectivity index (χ1n) is 5.05. The summed E-state index contributed by atoms with van der Waals surface area (Å²) in [6.07, 6.45) is -2.27. The molecule has 0 aliphatic rings. The Hall–Kier alpha value is -1.59. The van der Waals surface area contributed by atoms with Crippen LogP contribution in [0.5, 0.6) is 0 Å². The van der Waals surface area contributed by atoms with Crippen LogP contribution in [0.25, 0.3) is 0 Å². The smallest absolute Gasteiger partial charge is 0.310 e. The summed E-state index contributed by atoms with van der Waals surface area (Å²) in [4.78, 5) is 14.8. The molecule has 0 saturated carbocycles. The van der Waals surface area contributed by atoms with Gasteiger partial charge in [-0.3, -0.25) is 9.78 Å².